The number of carbonyl (C=O) groups is 2. The Bertz CT molecular complexity index is 854. The number of aromatic amines is 1. The number of imidazole rings is 1. The third-order valence-corrected chi connectivity index (χ3v) is 2.96. The zero-order valence-electron chi connectivity index (χ0n) is 12.1. The molecule has 0 aliphatic rings. The summed E-state index contributed by atoms with van der Waals surface area (Å²) in [5, 5.41) is 12.9. The molecular formula is C13H13N7O3. The van der Waals surface area contributed by atoms with Gasteiger partial charge >= 0.3 is 6.09 Å². The molecule has 0 saturated heterocycles. The fourth-order valence-electron chi connectivity index (χ4n) is 1.97. The lowest BCUT2D eigenvalue weighted by molar-refractivity contribution is -0.117. The lowest BCUT2D eigenvalue weighted by Gasteiger charge is -2.05. The number of hydrogen-bond acceptors (Lipinski definition) is 6. The Balaban J connectivity index is 1.65. The summed E-state index contributed by atoms with van der Waals surface area (Å²) in [6.07, 6.45) is 2.21. The van der Waals surface area contributed by atoms with Crippen molar-refractivity contribution in [2.24, 2.45) is 0 Å². The summed E-state index contributed by atoms with van der Waals surface area (Å²) in [6.45, 7) is -0.107. The molecule has 10 heteroatoms. The molecule has 0 aliphatic carbocycles. The number of para-hydroxylation sites is 1. The maximum absolute atomic E-state index is 12.1. The maximum atomic E-state index is 12.1. The normalized spacial score (nSPS) is 10.5. The monoisotopic (exact) mass is 315 g/mol. The van der Waals surface area contributed by atoms with Gasteiger partial charge in [-0.1, -0.05) is 6.07 Å². The van der Waals surface area contributed by atoms with Gasteiger partial charge in [0.05, 0.1) is 30.8 Å². The smallest absolute Gasteiger partial charge is 0.412 e. The van der Waals surface area contributed by atoms with Gasteiger partial charge in [-0.25, -0.2) is 9.78 Å². The first-order valence-corrected chi connectivity index (χ1v) is 6.63. The van der Waals surface area contributed by atoms with Gasteiger partial charge in [0.15, 0.2) is 5.82 Å². The number of carbonyl (C=O) groups excluding carboxylic acids is 2. The van der Waals surface area contributed by atoms with E-state index in [-0.39, 0.29) is 18.3 Å². The number of rotatable bonds is 4. The molecule has 3 N–H and O–H groups in total. The van der Waals surface area contributed by atoms with Gasteiger partial charge in [0.1, 0.15) is 12.1 Å². The predicted molar refractivity (Wildman–Crippen MR) is 80.8 cm³/mol. The van der Waals surface area contributed by atoms with Crippen LogP contribution in [0.3, 0.4) is 0 Å². The van der Waals surface area contributed by atoms with Gasteiger partial charge in [-0.15, -0.1) is 5.10 Å². The Morgan fingerprint density at radius 1 is 1.35 bits per heavy atom. The fourth-order valence-corrected chi connectivity index (χ4v) is 1.97. The average Bonchev–Trinajstić information content (AvgIpc) is 3.17. The van der Waals surface area contributed by atoms with Crippen molar-refractivity contribution in [3.63, 3.8) is 0 Å². The Morgan fingerprint density at radius 3 is 3.04 bits per heavy atom. The number of methoxy groups -OCH3 is 1. The number of benzene rings is 1. The van der Waals surface area contributed by atoms with Crippen LogP contribution < -0.4 is 10.6 Å². The molecule has 3 aromatic rings. The van der Waals surface area contributed by atoms with Gasteiger partial charge in [0.2, 0.25) is 5.91 Å². The summed E-state index contributed by atoms with van der Waals surface area (Å²) < 4.78 is 4.44. The van der Waals surface area contributed by atoms with Crippen molar-refractivity contribution >= 4 is 34.5 Å². The zero-order chi connectivity index (χ0) is 16.2. The number of H-pyrrole nitrogens is 1. The van der Waals surface area contributed by atoms with E-state index in [1.807, 2.05) is 6.07 Å². The highest BCUT2D eigenvalue weighted by Gasteiger charge is 2.11. The Labute approximate surface area is 129 Å². The molecule has 0 saturated carbocycles. The van der Waals surface area contributed by atoms with Gasteiger partial charge in [0.25, 0.3) is 0 Å². The van der Waals surface area contributed by atoms with Gasteiger partial charge in [0, 0.05) is 0 Å². The van der Waals surface area contributed by atoms with Crippen LogP contribution in [0, 0.1) is 0 Å². The number of nitrogens with zero attached hydrogens (tertiary/aromatic N) is 4. The van der Waals surface area contributed by atoms with Crippen molar-refractivity contribution in [1.29, 1.82) is 0 Å². The molecule has 2 heterocycles. The number of anilines is 2. The number of ether oxygens (including phenoxy) is 1. The predicted octanol–water partition coefficient (Wildman–Crippen LogP) is 0.971. The van der Waals surface area contributed by atoms with Gasteiger partial charge in [-0.3, -0.25) is 10.1 Å². The van der Waals surface area contributed by atoms with Crippen LogP contribution in [0.5, 0.6) is 0 Å². The number of aromatic nitrogens is 5. The standard InChI is InChI=1S/C13H13N7O3/c1-23-13(22)18-10-5-16-20(19-10)6-11(21)17-9-4-2-3-8-12(9)15-7-14-8/h2-5,7H,6H2,1H3,(H,14,15)(H,17,21)(H,18,19,22). The molecule has 118 valence electrons. The van der Waals surface area contributed by atoms with Crippen LogP contribution in [0.4, 0.5) is 16.3 Å². The van der Waals surface area contributed by atoms with Crippen LogP contribution in [0.2, 0.25) is 0 Å². The summed E-state index contributed by atoms with van der Waals surface area (Å²) >= 11 is 0. The van der Waals surface area contributed by atoms with E-state index >= 15 is 0 Å². The maximum Gasteiger partial charge on any atom is 0.412 e. The van der Waals surface area contributed by atoms with Crippen molar-refractivity contribution in [1.82, 2.24) is 25.0 Å². The summed E-state index contributed by atoms with van der Waals surface area (Å²) in [4.78, 5) is 31.4. The number of nitrogens with one attached hydrogen (secondary N) is 3. The highest BCUT2D eigenvalue weighted by Crippen LogP contribution is 2.19. The highest BCUT2D eigenvalue weighted by molar-refractivity contribution is 5.99. The van der Waals surface area contributed by atoms with E-state index in [4.69, 9.17) is 0 Å². The Kier molecular flexibility index (Phi) is 3.87. The van der Waals surface area contributed by atoms with Crippen LogP contribution in [0.15, 0.2) is 30.7 Å². The lowest BCUT2D eigenvalue weighted by atomic mass is 10.2. The molecule has 2 aromatic heterocycles. The molecule has 3 rings (SSSR count). The Morgan fingerprint density at radius 2 is 2.22 bits per heavy atom. The molecule has 0 unspecified atom stereocenters. The first-order chi connectivity index (χ1) is 11.2. The van der Waals surface area contributed by atoms with E-state index in [1.165, 1.54) is 13.3 Å². The number of fused-ring (bicyclic) bond motifs is 1. The molecule has 10 nitrogen and oxygen atoms in total. The average molecular weight is 315 g/mol. The summed E-state index contributed by atoms with van der Waals surface area (Å²) in [6, 6.07) is 5.42. The topological polar surface area (TPSA) is 127 Å². The second kappa shape index (κ2) is 6.13. The van der Waals surface area contributed by atoms with Gasteiger partial charge in [-0.2, -0.15) is 9.90 Å². The highest BCUT2D eigenvalue weighted by atomic mass is 16.5. The molecule has 0 bridgehead atoms. The van der Waals surface area contributed by atoms with Gasteiger partial charge in [-0.05, 0) is 12.1 Å². The molecule has 0 atom stereocenters. The summed E-state index contributed by atoms with van der Waals surface area (Å²) in [5.74, 6) is -0.125. The third kappa shape index (κ3) is 3.26. The SMILES string of the molecule is COC(=O)Nc1cnn(CC(=O)Nc2cccc3[nH]cnc23)n1. The minimum absolute atomic E-state index is 0.107. The van der Waals surface area contributed by atoms with Crippen LogP contribution in [-0.4, -0.2) is 44.1 Å². The van der Waals surface area contributed by atoms with Gasteiger partial charge < -0.3 is 15.0 Å². The molecule has 1 aromatic carbocycles. The lowest BCUT2D eigenvalue weighted by Crippen LogP contribution is -2.20. The quantitative estimate of drug-likeness (QED) is 0.658. The molecule has 0 spiro atoms. The summed E-state index contributed by atoms with van der Waals surface area (Å²) in [7, 11) is 1.24. The van der Waals surface area contributed by atoms with Crippen molar-refractivity contribution in [3.05, 3.63) is 30.7 Å². The second-order valence-electron chi connectivity index (χ2n) is 4.53. The van der Waals surface area contributed by atoms with Crippen LogP contribution in [-0.2, 0) is 16.1 Å². The van der Waals surface area contributed by atoms with E-state index in [2.05, 4.69) is 35.5 Å². The molecule has 23 heavy (non-hydrogen) atoms. The first kappa shape index (κ1) is 14.5. The number of amides is 2. The van der Waals surface area contributed by atoms with E-state index in [1.54, 1.807) is 18.5 Å². The van der Waals surface area contributed by atoms with Crippen LogP contribution >= 0.6 is 0 Å². The first-order valence-electron chi connectivity index (χ1n) is 6.63. The van der Waals surface area contributed by atoms with Crippen LogP contribution in [0.25, 0.3) is 11.0 Å². The second-order valence-corrected chi connectivity index (χ2v) is 4.53. The largest absolute Gasteiger partial charge is 0.453 e. The fraction of sp³-hybridized carbons (Fsp3) is 0.154. The van der Waals surface area contributed by atoms with Crippen molar-refractivity contribution < 1.29 is 14.3 Å². The van der Waals surface area contributed by atoms with E-state index in [9.17, 15) is 9.59 Å². The molecule has 0 fully saturated rings. The minimum atomic E-state index is -0.660. The third-order valence-electron chi connectivity index (χ3n) is 2.96. The minimum Gasteiger partial charge on any atom is -0.453 e. The Hall–Kier alpha value is -3.43. The molecule has 0 aliphatic heterocycles. The summed E-state index contributed by atoms with van der Waals surface area (Å²) in [5.41, 5.74) is 2.08. The zero-order valence-corrected chi connectivity index (χ0v) is 12.1. The van der Waals surface area contributed by atoms with Crippen LogP contribution in [0.1, 0.15) is 0 Å². The van der Waals surface area contributed by atoms with E-state index in [0.29, 0.717) is 11.2 Å². The molecule has 0 radical (unpaired) electrons. The molecule has 2 amide bonds. The van der Waals surface area contributed by atoms with E-state index in [0.717, 1.165) is 10.3 Å². The van der Waals surface area contributed by atoms with Crippen molar-refractivity contribution in [3.8, 4) is 0 Å². The molecular weight excluding hydrogens is 302 g/mol. The van der Waals surface area contributed by atoms with E-state index < -0.39 is 6.09 Å². The van der Waals surface area contributed by atoms with Crippen molar-refractivity contribution in [2.45, 2.75) is 6.54 Å². The van der Waals surface area contributed by atoms with Crippen molar-refractivity contribution in [2.75, 3.05) is 17.7 Å². The number of hydrogen-bond donors (Lipinski definition) is 3.